The van der Waals surface area contributed by atoms with Crippen molar-refractivity contribution in [3.8, 4) is 0 Å². The fraction of sp³-hybridized carbons (Fsp3) is 1.00. The molecule has 1 N–H and O–H groups in total. The Morgan fingerprint density at radius 1 is 0.760 bits per heavy atom. The summed E-state index contributed by atoms with van der Waals surface area (Å²) in [6.07, 6.45) is 15.1. The molecule has 0 aromatic heterocycles. The molecule has 0 aliphatic carbocycles. The molecule has 0 aliphatic heterocycles. The maximum Gasteiger partial charge on any atom is 1.00 e. The molecule has 6 heteroatoms. The summed E-state index contributed by atoms with van der Waals surface area (Å²) >= 11 is 0. The van der Waals surface area contributed by atoms with Crippen LogP contribution in [0.4, 0.5) is 0 Å². The van der Waals surface area contributed by atoms with E-state index in [1.807, 2.05) is 13.8 Å². The maximum atomic E-state index is 11.1. The second-order valence-electron chi connectivity index (χ2n) is 7.08. The summed E-state index contributed by atoms with van der Waals surface area (Å²) in [6.45, 7) is 3.94. The van der Waals surface area contributed by atoms with E-state index in [2.05, 4.69) is 0 Å². The molecular formula is C19H39NaO4S. The Hall–Kier alpha value is 0.870. The summed E-state index contributed by atoms with van der Waals surface area (Å²) in [5.74, 6) is 0. The summed E-state index contributed by atoms with van der Waals surface area (Å²) < 4.78 is 33.4. The Kier molecular flexibility index (Phi) is 20.5. The van der Waals surface area contributed by atoms with Crippen LogP contribution in [0.3, 0.4) is 0 Å². The zero-order valence-electron chi connectivity index (χ0n) is 16.8. The van der Waals surface area contributed by atoms with Gasteiger partial charge in [-0.3, -0.25) is 0 Å². The third-order valence-corrected chi connectivity index (χ3v) is 6.09. The van der Waals surface area contributed by atoms with E-state index in [0.717, 1.165) is 44.9 Å². The van der Waals surface area contributed by atoms with E-state index in [-0.39, 0.29) is 35.7 Å². The molecule has 4 nitrogen and oxygen atoms in total. The van der Waals surface area contributed by atoms with Crippen LogP contribution < -0.4 is 29.6 Å². The number of rotatable bonds is 17. The van der Waals surface area contributed by atoms with E-state index in [0.29, 0.717) is 12.8 Å². The Bertz CT molecular complexity index is 374. The molecule has 0 saturated carbocycles. The van der Waals surface area contributed by atoms with E-state index in [1.54, 1.807) is 0 Å². The molecule has 2 atom stereocenters. The van der Waals surface area contributed by atoms with Crippen LogP contribution in [0.5, 0.6) is 0 Å². The smallest absolute Gasteiger partial charge is 0.748 e. The van der Waals surface area contributed by atoms with Crippen molar-refractivity contribution in [2.45, 2.75) is 122 Å². The first-order valence-electron chi connectivity index (χ1n) is 10.0. The number of hydrogen-bond acceptors (Lipinski definition) is 4. The van der Waals surface area contributed by atoms with E-state index >= 15 is 0 Å². The molecule has 0 radical (unpaired) electrons. The van der Waals surface area contributed by atoms with Crippen LogP contribution in [0.15, 0.2) is 0 Å². The van der Waals surface area contributed by atoms with Crippen molar-refractivity contribution in [3.05, 3.63) is 0 Å². The van der Waals surface area contributed by atoms with Crippen molar-refractivity contribution >= 4 is 10.1 Å². The van der Waals surface area contributed by atoms with Gasteiger partial charge in [0.1, 0.15) is 0 Å². The molecule has 0 amide bonds. The quantitative estimate of drug-likeness (QED) is 0.236. The van der Waals surface area contributed by atoms with E-state index in [4.69, 9.17) is 0 Å². The second kappa shape index (κ2) is 18.2. The third-order valence-electron chi connectivity index (χ3n) is 4.80. The molecule has 146 valence electrons. The topological polar surface area (TPSA) is 77.4 Å². The van der Waals surface area contributed by atoms with Gasteiger partial charge in [0.05, 0.1) is 16.2 Å². The Balaban J connectivity index is 0. The van der Waals surface area contributed by atoms with Gasteiger partial charge < -0.3 is 9.66 Å². The summed E-state index contributed by atoms with van der Waals surface area (Å²) in [6, 6.07) is 0. The Labute approximate surface area is 178 Å². The molecule has 0 aromatic rings. The van der Waals surface area contributed by atoms with Gasteiger partial charge in [-0.2, -0.15) is 0 Å². The van der Waals surface area contributed by atoms with Gasteiger partial charge in [0.15, 0.2) is 0 Å². The molecule has 2 unspecified atom stereocenters. The van der Waals surface area contributed by atoms with E-state index in [9.17, 15) is 18.1 Å². The van der Waals surface area contributed by atoms with Crippen molar-refractivity contribution in [2.24, 2.45) is 0 Å². The second-order valence-corrected chi connectivity index (χ2v) is 8.73. The third kappa shape index (κ3) is 18.0. The largest absolute Gasteiger partial charge is 1.00 e. The SMILES string of the molecule is CCCC(CCCCCCCCCCCCC(O)CC)S(=O)(=O)[O-].[Na+]. The van der Waals surface area contributed by atoms with Gasteiger partial charge >= 0.3 is 29.6 Å². The monoisotopic (exact) mass is 386 g/mol. The minimum absolute atomic E-state index is 0. The van der Waals surface area contributed by atoms with Gasteiger partial charge in [-0.25, -0.2) is 8.42 Å². The van der Waals surface area contributed by atoms with Crippen molar-refractivity contribution in [3.63, 3.8) is 0 Å². The minimum atomic E-state index is -4.11. The summed E-state index contributed by atoms with van der Waals surface area (Å²) in [5, 5.41) is 8.79. The van der Waals surface area contributed by atoms with Gasteiger partial charge in [-0.1, -0.05) is 84.5 Å². The predicted molar refractivity (Wildman–Crippen MR) is 100 cm³/mol. The predicted octanol–water partition coefficient (Wildman–Crippen LogP) is 2.16. The van der Waals surface area contributed by atoms with Gasteiger partial charge in [0, 0.05) is 5.25 Å². The molecule has 0 aromatic carbocycles. The molecule has 0 heterocycles. The summed E-state index contributed by atoms with van der Waals surface area (Å²) in [7, 11) is -4.11. The van der Waals surface area contributed by atoms with Gasteiger partial charge in [-0.15, -0.1) is 0 Å². The fourth-order valence-electron chi connectivity index (χ4n) is 3.13. The normalized spacial score (nSPS) is 14.1. The number of hydrogen-bond donors (Lipinski definition) is 1. The average molecular weight is 387 g/mol. The molecule has 25 heavy (non-hydrogen) atoms. The van der Waals surface area contributed by atoms with Crippen LogP contribution >= 0.6 is 0 Å². The minimum Gasteiger partial charge on any atom is -0.748 e. The number of unbranched alkanes of at least 4 members (excludes halogenated alkanes) is 9. The van der Waals surface area contributed by atoms with Gasteiger partial charge in [0.25, 0.3) is 0 Å². The Morgan fingerprint density at radius 2 is 1.16 bits per heavy atom. The molecule has 0 bridgehead atoms. The molecular weight excluding hydrogens is 347 g/mol. The van der Waals surface area contributed by atoms with Crippen LogP contribution in [0.1, 0.15) is 110 Å². The number of aliphatic hydroxyl groups is 1. The van der Waals surface area contributed by atoms with Gasteiger partial charge in [-0.05, 0) is 25.7 Å². The first kappa shape index (κ1) is 28.1. The molecule has 0 aliphatic rings. The summed E-state index contributed by atoms with van der Waals surface area (Å²) in [4.78, 5) is 0. The fourth-order valence-corrected chi connectivity index (χ4v) is 4.11. The van der Waals surface area contributed by atoms with Gasteiger partial charge in [0.2, 0.25) is 0 Å². The van der Waals surface area contributed by atoms with Crippen molar-refractivity contribution in [1.29, 1.82) is 0 Å². The standard InChI is InChI=1S/C19H40O4S.Na/c1-3-15-19(24(21,22)23)17-14-12-10-8-6-5-7-9-11-13-16-18(20)4-2;/h18-20H,3-17H2,1-2H3,(H,21,22,23);/q;+1/p-1. The van der Waals surface area contributed by atoms with Crippen LogP contribution in [0.2, 0.25) is 0 Å². The molecule has 0 saturated heterocycles. The molecule has 0 spiro atoms. The zero-order chi connectivity index (χ0) is 18.3. The maximum absolute atomic E-state index is 11.1. The Morgan fingerprint density at radius 3 is 1.52 bits per heavy atom. The zero-order valence-corrected chi connectivity index (χ0v) is 19.7. The van der Waals surface area contributed by atoms with Crippen LogP contribution in [-0.4, -0.2) is 29.4 Å². The first-order valence-corrected chi connectivity index (χ1v) is 11.5. The van der Waals surface area contributed by atoms with Crippen LogP contribution in [0, 0.1) is 0 Å². The van der Waals surface area contributed by atoms with Crippen molar-refractivity contribution in [2.75, 3.05) is 0 Å². The molecule has 0 fully saturated rings. The number of aliphatic hydroxyl groups excluding tert-OH is 1. The van der Waals surface area contributed by atoms with Crippen LogP contribution in [0.25, 0.3) is 0 Å². The molecule has 0 rings (SSSR count). The average Bonchev–Trinajstić information content (AvgIpc) is 2.53. The first-order chi connectivity index (χ1) is 11.4. The van der Waals surface area contributed by atoms with E-state index in [1.165, 1.54) is 38.5 Å². The van der Waals surface area contributed by atoms with E-state index < -0.39 is 15.4 Å². The van der Waals surface area contributed by atoms with Crippen LogP contribution in [-0.2, 0) is 10.1 Å². The van der Waals surface area contributed by atoms with Crippen molar-refractivity contribution in [1.82, 2.24) is 0 Å². The van der Waals surface area contributed by atoms with Crippen molar-refractivity contribution < 1.29 is 47.6 Å². The summed E-state index contributed by atoms with van der Waals surface area (Å²) in [5.41, 5.74) is 0.